The number of aliphatic hydroxyl groups excluding tert-OH is 1. The Hall–Kier alpha value is -0.970. The number of hydrogen-bond donors (Lipinski definition) is 2. The number of amides is 2. The molecule has 1 aromatic rings. The largest absolute Gasteiger partial charge is 0.396 e. The van der Waals surface area contributed by atoms with Gasteiger partial charge < -0.3 is 15.3 Å². The van der Waals surface area contributed by atoms with E-state index in [1.807, 2.05) is 0 Å². The highest BCUT2D eigenvalue weighted by Gasteiger charge is 2.22. The van der Waals surface area contributed by atoms with Crippen LogP contribution in [0.5, 0.6) is 0 Å². The number of nitrogens with zero attached hydrogens (tertiary/aromatic N) is 1. The fourth-order valence-electron chi connectivity index (χ4n) is 2.58. The second kappa shape index (κ2) is 7.87. The molecule has 1 atom stereocenters. The molecule has 1 aliphatic heterocycles. The summed E-state index contributed by atoms with van der Waals surface area (Å²) in [5, 5.41) is 13.3. The number of carbonyl (C=O) groups excluding carboxylic acids is 1. The van der Waals surface area contributed by atoms with Crippen molar-refractivity contribution in [1.82, 2.24) is 10.2 Å². The van der Waals surface area contributed by atoms with E-state index in [0.29, 0.717) is 29.6 Å². The van der Waals surface area contributed by atoms with Gasteiger partial charge in [-0.2, -0.15) is 0 Å². The lowest BCUT2D eigenvalue weighted by atomic mass is 9.99. The lowest BCUT2D eigenvalue weighted by molar-refractivity contribution is 0.129. The Labute approximate surface area is 135 Å². The summed E-state index contributed by atoms with van der Waals surface area (Å²) < 4.78 is 0. The number of likely N-dealkylation sites (tertiary alicyclic amines) is 1. The maximum atomic E-state index is 12.1. The average Bonchev–Trinajstić information content (AvgIpc) is 2.50. The SMILES string of the molecule is O=C(NCCc1c(Cl)cccc1Cl)N1CCCC(CO)C1. The summed E-state index contributed by atoms with van der Waals surface area (Å²) in [6.45, 7) is 1.99. The first-order valence-corrected chi connectivity index (χ1v) is 7.94. The Balaban J connectivity index is 1.81. The first-order chi connectivity index (χ1) is 10.1. The van der Waals surface area contributed by atoms with E-state index in [1.54, 1.807) is 23.1 Å². The Bertz CT molecular complexity index is 476. The number of halogens is 2. The third-order valence-electron chi connectivity index (χ3n) is 3.78. The number of hydrogen-bond acceptors (Lipinski definition) is 2. The smallest absolute Gasteiger partial charge is 0.317 e. The minimum Gasteiger partial charge on any atom is -0.396 e. The molecule has 1 fully saturated rings. The fraction of sp³-hybridized carbons (Fsp3) is 0.533. The van der Waals surface area contributed by atoms with Gasteiger partial charge in [0.1, 0.15) is 0 Å². The molecule has 1 saturated heterocycles. The molecule has 2 rings (SSSR count). The van der Waals surface area contributed by atoms with Crippen LogP contribution in [0.15, 0.2) is 18.2 Å². The Morgan fingerprint density at radius 1 is 1.38 bits per heavy atom. The number of piperidine rings is 1. The van der Waals surface area contributed by atoms with Crippen molar-refractivity contribution in [2.24, 2.45) is 5.92 Å². The number of rotatable bonds is 4. The fourth-order valence-corrected chi connectivity index (χ4v) is 3.16. The molecule has 6 heteroatoms. The predicted molar refractivity (Wildman–Crippen MR) is 84.9 cm³/mol. The van der Waals surface area contributed by atoms with Gasteiger partial charge in [-0.25, -0.2) is 4.79 Å². The topological polar surface area (TPSA) is 52.6 Å². The highest BCUT2D eigenvalue weighted by molar-refractivity contribution is 6.35. The van der Waals surface area contributed by atoms with Gasteiger partial charge in [0.2, 0.25) is 0 Å². The summed E-state index contributed by atoms with van der Waals surface area (Å²) in [4.78, 5) is 13.8. The first-order valence-electron chi connectivity index (χ1n) is 7.18. The molecule has 1 aliphatic rings. The standard InChI is InChI=1S/C15H20Cl2N2O2/c16-13-4-1-5-14(17)12(13)6-7-18-15(21)19-8-2-3-11(9-19)10-20/h1,4-5,11,20H,2-3,6-10H2,(H,18,21). The molecule has 1 unspecified atom stereocenters. The van der Waals surface area contributed by atoms with Crippen LogP contribution in [0.1, 0.15) is 18.4 Å². The maximum absolute atomic E-state index is 12.1. The summed E-state index contributed by atoms with van der Waals surface area (Å²) in [7, 11) is 0. The lowest BCUT2D eigenvalue weighted by Gasteiger charge is -2.31. The Morgan fingerprint density at radius 3 is 2.76 bits per heavy atom. The van der Waals surface area contributed by atoms with Crippen molar-refractivity contribution in [3.05, 3.63) is 33.8 Å². The van der Waals surface area contributed by atoms with Crippen LogP contribution in [0, 0.1) is 5.92 Å². The molecule has 21 heavy (non-hydrogen) atoms. The molecule has 0 aliphatic carbocycles. The molecular formula is C15H20Cl2N2O2. The zero-order valence-corrected chi connectivity index (χ0v) is 13.3. The van der Waals surface area contributed by atoms with E-state index in [-0.39, 0.29) is 18.6 Å². The molecule has 2 amide bonds. The van der Waals surface area contributed by atoms with Crippen molar-refractivity contribution in [1.29, 1.82) is 0 Å². The molecule has 0 bridgehead atoms. The number of urea groups is 1. The molecule has 0 aromatic heterocycles. The van der Waals surface area contributed by atoms with Crippen LogP contribution in [0.25, 0.3) is 0 Å². The quantitative estimate of drug-likeness (QED) is 0.891. The summed E-state index contributed by atoms with van der Waals surface area (Å²) in [5.41, 5.74) is 0.855. The molecule has 2 N–H and O–H groups in total. The highest BCUT2D eigenvalue weighted by Crippen LogP contribution is 2.24. The van der Waals surface area contributed by atoms with Crippen LogP contribution in [0.3, 0.4) is 0 Å². The van der Waals surface area contributed by atoms with E-state index < -0.39 is 0 Å². The van der Waals surface area contributed by atoms with Crippen LogP contribution >= 0.6 is 23.2 Å². The first kappa shape index (κ1) is 16.4. The zero-order chi connectivity index (χ0) is 15.2. The van der Waals surface area contributed by atoms with Gasteiger partial charge in [0, 0.05) is 36.3 Å². The van der Waals surface area contributed by atoms with Crippen LogP contribution in [-0.4, -0.2) is 42.3 Å². The van der Waals surface area contributed by atoms with Crippen molar-refractivity contribution in [2.75, 3.05) is 26.2 Å². The molecule has 1 heterocycles. The van der Waals surface area contributed by atoms with Gasteiger partial charge in [-0.15, -0.1) is 0 Å². The molecule has 0 radical (unpaired) electrons. The second-order valence-corrected chi connectivity index (χ2v) is 6.13. The van der Waals surface area contributed by atoms with Gasteiger partial charge in [0.15, 0.2) is 0 Å². The van der Waals surface area contributed by atoms with E-state index >= 15 is 0 Å². The lowest BCUT2D eigenvalue weighted by Crippen LogP contribution is -2.46. The van der Waals surface area contributed by atoms with Gasteiger partial charge in [0.25, 0.3) is 0 Å². The van der Waals surface area contributed by atoms with Crippen LogP contribution in [-0.2, 0) is 6.42 Å². The normalized spacial score (nSPS) is 18.6. The summed E-state index contributed by atoms with van der Waals surface area (Å²) >= 11 is 12.2. The van der Waals surface area contributed by atoms with E-state index in [2.05, 4.69) is 5.32 Å². The zero-order valence-electron chi connectivity index (χ0n) is 11.8. The van der Waals surface area contributed by atoms with Gasteiger partial charge >= 0.3 is 6.03 Å². The molecule has 4 nitrogen and oxygen atoms in total. The van der Waals surface area contributed by atoms with Gasteiger partial charge in [-0.3, -0.25) is 0 Å². The molecule has 0 spiro atoms. The number of carbonyl (C=O) groups is 1. The van der Waals surface area contributed by atoms with Crippen molar-refractivity contribution in [2.45, 2.75) is 19.3 Å². The second-order valence-electron chi connectivity index (χ2n) is 5.32. The van der Waals surface area contributed by atoms with Crippen LogP contribution < -0.4 is 5.32 Å². The summed E-state index contributed by atoms with van der Waals surface area (Å²) in [6, 6.07) is 5.30. The van der Waals surface area contributed by atoms with Crippen molar-refractivity contribution < 1.29 is 9.90 Å². The van der Waals surface area contributed by atoms with Gasteiger partial charge in [-0.05, 0) is 42.9 Å². The van der Waals surface area contributed by atoms with Crippen molar-refractivity contribution >= 4 is 29.2 Å². The maximum Gasteiger partial charge on any atom is 0.317 e. The highest BCUT2D eigenvalue weighted by atomic mass is 35.5. The van der Waals surface area contributed by atoms with Crippen LogP contribution in [0.4, 0.5) is 4.79 Å². The number of benzene rings is 1. The summed E-state index contributed by atoms with van der Waals surface area (Å²) in [5.74, 6) is 0.197. The molecule has 1 aromatic carbocycles. The van der Waals surface area contributed by atoms with Crippen molar-refractivity contribution in [3.8, 4) is 0 Å². The van der Waals surface area contributed by atoms with Gasteiger partial charge in [-0.1, -0.05) is 29.3 Å². The molecule has 116 valence electrons. The van der Waals surface area contributed by atoms with Crippen LogP contribution in [0.2, 0.25) is 10.0 Å². The number of nitrogens with one attached hydrogen (secondary N) is 1. The Morgan fingerprint density at radius 2 is 2.10 bits per heavy atom. The van der Waals surface area contributed by atoms with Crippen molar-refractivity contribution in [3.63, 3.8) is 0 Å². The van der Waals surface area contributed by atoms with E-state index in [1.165, 1.54) is 0 Å². The number of aliphatic hydroxyl groups is 1. The third kappa shape index (κ3) is 4.50. The molecule has 0 saturated carbocycles. The van der Waals surface area contributed by atoms with E-state index in [9.17, 15) is 9.90 Å². The van der Waals surface area contributed by atoms with E-state index in [4.69, 9.17) is 23.2 Å². The monoisotopic (exact) mass is 330 g/mol. The van der Waals surface area contributed by atoms with Gasteiger partial charge in [0.05, 0.1) is 0 Å². The third-order valence-corrected chi connectivity index (χ3v) is 4.49. The minimum atomic E-state index is -0.0867. The Kier molecular flexibility index (Phi) is 6.15. The minimum absolute atomic E-state index is 0.0867. The average molecular weight is 331 g/mol. The van der Waals surface area contributed by atoms with E-state index in [0.717, 1.165) is 24.9 Å². The molecular weight excluding hydrogens is 311 g/mol. The summed E-state index contributed by atoms with van der Waals surface area (Å²) in [6.07, 6.45) is 2.52. The predicted octanol–water partition coefficient (Wildman–Crippen LogP) is 2.95.